The lowest BCUT2D eigenvalue weighted by molar-refractivity contribution is -0.143. The van der Waals surface area contributed by atoms with Crippen LogP contribution in [0.3, 0.4) is 0 Å². The van der Waals surface area contributed by atoms with Crippen LogP contribution in [0.1, 0.15) is 98.8 Å². The zero-order chi connectivity index (χ0) is 31.9. The summed E-state index contributed by atoms with van der Waals surface area (Å²) >= 11 is 0. The molecule has 244 valence electrons. The summed E-state index contributed by atoms with van der Waals surface area (Å²) in [6.07, 6.45) is 14.1. The molecule has 4 rings (SSSR count). The maximum Gasteiger partial charge on any atom is 0.303 e. The van der Waals surface area contributed by atoms with Gasteiger partial charge in [0.05, 0.1) is 31.3 Å². The summed E-state index contributed by atoms with van der Waals surface area (Å²) in [6.45, 7) is 9.51. The number of amides is 2. The van der Waals surface area contributed by atoms with Gasteiger partial charge < -0.3 is 29.6 Å². The van der Waals surface area contributed by atoms with Crippen molar-refractivity contribution in [1.82, 2.24) is 10.6 Å². The van der Waals surface area contributed by atoms with E-state index >= 15 is 0 Å². The molecule has 3 saturated heterocycles. The minimum atomic E-state index is -0.832. The van der Waals surface area contributed by atoms with Crippen molar-refractivity contribution in [2.45, 2.75) is 141 Å². The van der Waals surface area contributed by atoms with E-state index in [9.17, 15) is 19.2 Å². The molecule has 3 aliphatic heterocycles. The highest BCUT2D eigenvalue weighted by Crippen LogP contribution is 2.42. The van der Waals surface area contributed by atoms with Crippen molar-refractivity contribution in [3.8, 4) is 0 Å². The van der Waals surface area contributed by atoms with Gasteiger partial charge in [0.25, 0.3) is 0 Å². The third-order valence-corrected chi connectivity index (χ3v) is 9.09. The highest BCUT2D eigenvalue weighted by atomic mass is 16.6. The van der Waals surface area contributed by atoms with Crippen LogP contribution in [0.15, 0.2) is 35.6 Å². The molecule has 10 nitrogen and oxygen atoms in total. The maximum atomic E-state index is 13.1. The molecule has 3 heterocycles. The predicted octanol–water partition coefficient (Wildman–Crippen LogP) is 4.37. The summed E-state index contributed by atoms with van der Waals surface area (Å²) in [5, 5.41) is 6.15. The van der Waals surface area contributed by atoms with Gasteiger partial charge in [0, 0.05) is 25.5 Å². The van der Waals surface area contributed by atoms with E-state index in [1.165, 1.54) is 19.4 Å². The van der Waals surface area contributed by atoms with Crippen LogP contribution in [0, 0.1) is 5.92 Å². The monoisotopic (exact) mass is 614 g/mol. The van der Waals surface area contributed by atoms with Crippen molar-refractivity contribution in [3.05, 3.63) is 35.6 Å². The van der Waals surface area contributed by atoms with E-state index in [1.54, 1.807) is 13.0 Å². The van der Waals surface area contributed by atoms with Crippen LogP contribution in [-0.4, -0.2) is 72.3 Å². The number of allylic oxidation sites excluding steroid dienone is 2. The first kappa shape index (κ1) is 33.9. The third-order valence-electron chi connectivity index (χ3n) is 9.09. The summed E-state index contributed by atoms with van der Waals surface area (Å²) in [7, 11) is 0. The van der Waals surface area contributed by atoms with E-state index in [0.29, 0.717) is 31.6 Å². The number of esters is 1. The predicted molar refractivity (Wildman–Crippen MR) is 164 cm³/mol. The van der Waals surface area contributed by atoms with Gasteiger partial charge in [-0.05, 0) is 70.9 Å². The lowest BCUT2D eigenvalue weighted by Crippen LogP contribution is -2.50. The van der Waals surface area contributed by atoms with Crippen LogP contribution in [0.4, 0.5) is 0 Å². The van der Waals surface area contributed by atoms with Gasteiger partial charge in [-0.15, -0.1) is 0 Å². The number of rotatable bonds is 11. The molecule has 10 heteroatoms. The molecule has 1 spiro atoms. The van der Waals surface area contributed by atoms with Gasteiger partial charge in [0.15, 0.2) is 11.4 Å². The second-order valence-electron chi connectivity index (χ2n) is 13.1. The standard InChI is InChI=1S/C34H50N2O8/c1-21(11-14-29-22(2)17-28(24(4)43-29)36-31(38)16-13-23(3)42-25(5)37)12-15-30-33(40)34(20-41-34)19-27(44-30)18-32(39)35-26-9-7-6-8-10-26/h11,13,15-16,22-24,26-29H,6-10,12,14,17-20H2,1-5H3,(H,35,39)(H,36,38)/b16-13?,21-11?,30-15+. The van der Waals surface area contributed by atoms with Crippen molar-refractivity contribution < 1.29 is 38.1 Å². The first-order valence-electron chi connectivity index (χ1n) is 16.3. The van der Waals surface area contributed by atoms with Crippen LogP contribution < -0.4 is 10.6 Å². The summed E-state index contributed by atoms with van der Waals surface area (Å²) in [5.41, 5.74) is 0.254. The number of hydrogen-bond donors (Lipinski definition) is 2. The number of carbonyl (C=O) groups is 4. The Morgan fingerprint density at radius 2 is 1.84 bits per heavy atom. The van der Waals surface area contributed by atoms with Gasteiger partial charge >= 0.3 is 5.97 Å². The van der Waals surface area contributed by atoms with Crippen LogP contribution in [0.2, 0.25) is 0 Å². The quantitative estimate of drug-likeness (QED) is 0.152. The average Bonchev–Trinajstić information content (AvgIpc) is 3.74. The van der Waals surface area contributed by atoms with Gasteiger partial charge in [-0.3, -0.25) is 19.2 Å². The topological polar surface area (TPSA) is 133 Å². The SMILES string of the molecule is CC(=O)OC(C)C=CC(=O)NC1CC(C)C(CC=C(C)C/C=C2/OC(CC(=O)NC3CCCCC3)CC3(CO3)C2=O)OC1C. The van der Waals surface area contributed by atoms with Gasteiger partial charge in [-0.25, -0.2) is 0 Å². The highest BCUT2D eigenvalue weighted by molar-refractivity contribution is 6.03. The molecular weight excluding hydrogens is 564 g/mol. The lowest BCUT2D eigenvalue weighted by Gasteiger charge is -2.39. The fourth-order valence-electron chi connectivity index (χ4n) is 6.41. The second kappa shape index (κ2) is 15.3. The Morgan fingerprint density at radius 1 is 1.11 bits per heavy atom. The number of ether oxygens (including phenoxy) is 4. The highest BCUT2D eigenvalue weighted by Gasteiger charge is 2.58. The normalized spacial score (nSPS) is 32.8. The van der Waals surface area contributed by atoms with E-state index in [-0.39, 0.29) is 60.3 Å². The number of Topliss-reactive ketones (excluding diaryl/α,β-unsaturated/α-hetero) is 1. The number of carbonyl (C=O) groups excluding carboxylic acids is 4. The third kappa shape index (κ3) is 9.76. The van der Waals surface area contributed by atoms with Gasteiger partial charge in [0.1, 0.15) is 12.2 Å². The molecule has 0 bridgehead atoms. The van der Waals surface area contributed by atoms with Gasteiger partial charge in [-0.2, -0.15) is 0 Å². The van der Waals surface area contributed by atoms with Crippen molar-refractivity contribution in [2.75, 3.05) is 6.61 Å². The molecular formula is C34H50N2O8. The molecule has 4 fully saturated rings. The number of nitrogens with one attached hydrogen (secondary N) is 2. The number of epoxide rings is 1. The minimum absolute atomic E-state index is 0.00281. The van der Waals surface area contributed by atoms with E-state index in [4.69, 9.17) is 18.9 Å². The number of ketones is 1. The molecule has 2 N–H and O–H groups in total. The lowest BCUT2D eigenvalue weighted by atomic mass is 9.88. The van der Waals surface area contributed by atoms with Crippen molar-refractivity contribution in [3.63, 3.8) is 0 Å². The molecule has 7 unspecified atom stereocenters. The molecule has 4 aliphatic rings. The van der Waals surface area contributed by atoms with Crippen LogP contribution in [0.25, 0.3) is 0 Å². The Balaban J connectivity index is 1.25. The van der Waals surface area contributed by atoms with E-state index in [0.717, 1.165) is 37.7 Å². The van der Waals surface area contributed by atoms with Crippen LogP contribution >= 0.6 is 0 Å². The van der Waals surface area contributed by atoms with Crippen LogP contribution in [-0.2, 0) is 38.1 Å². The molecule has 7 atom stereocenters. The molecule has 0 radical (unpaired) electrons. The smallest absolute Gasteiger partial charge is 0.303 e. The average molecular weight is 615 g/mol. The first-order chi connectivity index (χ1) is 20.9. The summed E-state index contributed by atoms with van der Waals surface area (Å²) in [4.78, 5) is 49.2. The molecule has 0 aromatic carbocycles. The van der Waals surface area contributed by atoms with E-state index in [1.807, 2.05) is 19.9 Å². The zero-order valence-electron chi connectivity index (χ0n) is 26.9. The molecule has 0 aromatic rings. The number of hydrogen-bond acceptors (Lipinski definition) is 8. The Bertz CT molecular complexity index is 1150. The fraction of sp³-hybridized carbons (Fsp3) is 0.706. The first-order valence-corrected chi connectivity index (χ1v) is 16.3. The zero-order valence-corrected chi connectivity index (χ0v) is 26.9. The Kier molecular flexibility index (Phi) is 11.8. The van der Waals surface area contributed by atoms with E-state index in [2.05, 4.69) is 23.6 Å². The minimum Gasteiger partial charge on any atom is -0.486 e. The molecule has 0 aromatic heterocycles. The maximum absolute atomic E-state index is 13.1. The Morgan fingerprint density at radius 3 is 2.52 bits per heavy atom. The Labute approximate surface area is 261 Å². The molecule has 2 amide bonds. The van der Waals surface area contributed by atoms with Crippen molar-refractivity contribution in [2.24, 2.45) is 5.92 Å². The summed E-state index contributed by atoms with van der Waals surface area (Å²) in [5.74, 6) is -0.277. The molecule has 1 aliphatic carbocycles. The fourth-order valence-corrected chi connectivity index (χ4v) is 6.41. The largest absolute Gasteiger partial charge is 0.486 e. The Hall–Kier alpha value is -2.98. The summed E-state index contributed by atoms with van der Waals surface area (Å²) < 4.78 is 23.0. The summed E-state index contributed by atoms with van der Waals surface area (Å²) in [6, 6.07) is 0.117. The van der Waals surface area contributed by atoms with Gasteiger partial charge in [-0.1, -0.05) is 37.8 Å². The van der Waals surface area contributed by atoms with Crippen molar-refractivity contribution >= 4 is 23.6 Å². The van der Waals surface area contributed by atoms with Gasteiger partial charge in [0.2, 0.25) is 17.6 Å². The molecule has 44 heavy (non-hydrogen) atoms. The van der Waals surface area contributed by atoms with Crippen molar-refractivity contribution in [1.29, 1.82) is 0 Å². The van der Waals surface area contributed by atoms with Crippen LogP contribution in [0.5, 0.6) is 0 Å². The second-order valence-corrected chi connectivity index (χ2v) is 13.1. The molecule has 1 saturated carbocycles. The van der Waals surface area contributed by atoms with E-state index < -0.39 is 17.7 Å².